The Morgan fingerprint density at radius 1 is 1.08 bits per heavy atom. The Bertz CT molecular complexity index is 681. The maximum absolute atomic E-state index is 12.3. The molecule has 1 aliphatic heterocycles. The van der Waals surface area contributed by atoms with E-state index in [9.17, 15) is 14.4 Å². The van der Waals surface area contributed by atoms with Crippen molar-refractivity contribution in [3.05, 3.63) is 35.4 Å². The molecule has 5 heteroatoms. The van der Waals surface area contributed by atoms with Crippen molar-refractivity contribution in [2.24, 2.45) is 17.3 Å². The van der Waals surface area contributed by atoms with E-state index in [0.29, 0.717) is 16.4 Å². The van der Waals surface area contributed by atoms with Crippen LogP contribution in [0.15, 0.2) is 24.3 Å². The molecule has 1 aromatic rings. The van der Waals surface area contributed by atoms with Gasteiger partial charge in [-0.3, -0.25) is 9.59 Å². The van der Waals surface area contributed by atoms with Gasteiger partial charge in [-0.05, 0) is 55.1 Å². The van der Waals surface area contributed by atoms with Gasteiger partial charge in [0, 0.05) is 0 Å². The number of hydrogen-bond acceptors (Lipinski definition) is 4. The van der Waals surface area contributed by atoms with Crippen molar-refractivity contribution in [1.82, 2.24) is 5.06 Å². The summed E-state index contributed by atoms with van der Waals surface area (Å²) < 4.78 is 0. The van der Waals surface area contributed by atoms with Crippen molar-refractivity contribution < 1.29 is 19.2 Å². The predicted molar refractivity (Wildman–Crippen MR) is 97.2 cm³/mol. The Hall–Kier alpha value is -2.17. The summed E-state index contributed by atoms with van der Waals surface area (Å²) in [6, 6.07) is 6.51. The molecule has 2 aliphatic rings. The lowest BCUT2D eigenvalue weighted by Crippen LogP contribution is -2.34. The van der Waals surface area contributed by atoms with E-state index in [0.717, 1.165) is 32.1 Å². The van der Waals surface area contributed by atoms with E-state index in [1.54, 1.807) is 24.3 Å². The van der Waals surface area contributed by atoms with Crippen molar-refractivity contribution in [1.29, 1.82) is 0 Å². The molecule has 0 bridgehead atoms. The van der Waals surface area contributed by atoms with Gasteiger partial charge in [0.2, 0.25) is 0 Å². The normalized spacial score (nSPS) is 23.1. The highest BCUT2D eigenvalue weighted by atomic mass is 16.7. The molecule has 1 aliphatic carbocycles. The van der Waals surface area contributed by atoms with Gasteiger partial charge in [-0.15, -0.1) is 0 Å². The van der Waals surface area contributed by atoms with Gasteiger partial charge in [-0.1, -0.05) is 44.4 Å². The Labute approximate surface area is 154 Å². The molecular weight excluding hydrogens is 330 g/mol. The number of amides is 2. The van der Waals surface area contributed by atoms with Crippen LogP contribution < -0.4 is 0 Å². The van der Waals surface area contributed by atoms with E-state index in [-0.39, 0.29) is 23.5 Å². The standard InChI is InChI=1S/C21H27NO4/c1-4-21(2,3)15-11-9-14(10-12-15)13-18(23)26-22-19(24)16-7-5-6-8-17(16)20(22)25/h5-8,14-15H,4,9-13H2,1-3H3. The maximum Gasteiger partial charge on any atom is 0.333 e. The number of hydroxylamine groups is 2. The summed E-state index contributed by atoms with van der Waals surface area (Å²) in [4.78, 5) is 41.9. The number of rotatable bonds is 5. The third kappa shape index (κ3) is 3.53. The minimum Gasteiger partial charge on any atom is -0.330 e. The van der Waals surface area contributed by atoms with Crippen molar-refractivity contribution in [2.75, 3.05) is 0 Å². The lowest BCUT2D eigenvalue weighted by atomic mass is 9.67. The quantitative estimate of drug-likeness (QED) is 0.734. The molecule has 0 atom stereocenters. The molecule has 1 heterocycles. The zero-order chi connectivity index (χ0) is 18.9. The van der Waals surface area contributed by atoms with Crippen molar-refractivity contribution >= 4 is 17.8 Å². The Kier molecular flexibility index (Phi) is 5.17. The summed E-state index contributed by atoms with van der Waals surface area (Å²) >= 11 is 0. The number of hydrogen-bond donors (Lipinski definition) is 0. The summed E-state index contributed by atoms with van der Waals surface area (Å²) in [6.07, 6.45) is 5.63. The first-order chi connectivity index (χ1) is 12.3. The van der Waals surface area contributed by atoms with Crippen LogP contribution in [0.3, 0.4) is 0 Å². The van der Waals surface area contributed by atoms with Crippen LogP contribution in [0.1, 0.15) is 80.0 Å². The number of imide groups is 1. The van der Waals surface area contributed by atoms with Crippen LogP contribution in [-0.2, 0) is 9.63 Å². The van der Waals surface area contributed by atoms with E-state index < -0.39 is 17.8 Å². The lowest BCUT2D eigenvalue weighted by Gasteiger charge is -2.38. The van der Waals surface area contributed by atoms with Crippen LogP contribution in [0.5, 0.6) is 0 Å². The maximum atomic E-state index is 12.3. The number of fused-ring (bicyclic) bond motifs is 1. The number of carbonyl (C=O) groups excluding carboxylic acids is 3. The molecule has 1 saturated carbocycles. The fraction of sp³-hybridized carbons (Fsp3) is 0.571. The predicted octanol–water partition coefficient (Wildman–Crippen LogP) is 4.37. The zero-order valence-electron chi connectivity index (χ0n) is 15.8. The summed E-state index contributed by atoms with van der Waals surface area (Å²) in [5, 5.41) is 0.610. The van der Waals surface area contributed by atoms with E-state index in [2.05, 4.69) is 20.8 Å². The van der Waals surface area contributed by atoms with Crippen molar-refractivity contribution in [3.63, 3.8) is 0 Å². The average Bonchev–Trinajstić information content (AvgIpc) is 2.87. The largest absolute Gasteiger partial charge is 0.333 e. The fourth-order valence-electron chi connectivity index (χ4n) is 4.06. The van der Waals surface area contributed by atoms with Gasteiger partial charge in [0.15, 0.2) is 0 Å². The van der Waals surface area contributed by atoms with E-state index in [4.69, 9.17) is 4.84 Å². The topological polar surface area (TPSA) is 63.7 Å². The lowest BCUT2D eigenvalue weighted by molar-refractivity contribution is -0.170. The van der Waals surface area contributed by atoms with Crippen LogP contribution in [0.4, 0.5) is 0 Å². The van der Waals surface area contributed by atoms with Gasteiger partial charge >= 0.3 is 5.97 Å². The van der Waals surface area contributed by atoms with Crippen LogP contribution in [-0.4, -0.2) is 22.8 Å². The minimum atomic E-state index is -0.563. The molecule has 140 valence electrons. The number of carbonyl (C=O) groups is 3. The van der Waals surface area contributed by atoms with Gasteiger partial charge in [0.25, 0.3) is 11.8 Å². The first-order valence-electron chi connectivity index (χ1n) is 9.52. The second-order valence-electron chi connectivity index (χ2n) is 8.18. The highest BCUT2D eigenvalue weighted by molar-refractivity contribution is 6.20. The van der Waals surface area contributed by atoms with Gasteiger partial charge < -0.3 is 4.84 Å². The first-order valence-corrected chi connectivity index (χ1v) is 9.52. The minimum absolute atomic E-state index is 0.257. The third-order valence-corrected chi connectivity index (χ3v) is 6.27. The molecule has 0 N–H and O–H groups in total. The summed E-state index contributed by atoms with van der Waals surface area (Å²) in [5.41, 5.74) is 0.909. The van der Waals surface area contributed by atoms with Crippen LogP contribution in [0, 0.1) is 17.3 Å². The molecule has 0 unspecified atom stereocenters. The van der Waals surface area contributed by atoms with Crippen LogP contribution in [0.2, 0.25) is 0 Å². The van der Waals surface area contributed by atoms with Crippen LogP contribution >= 0.6 is 0 Å². The summed E-state index contributed by atoms with van der Waals surface area (Å²) in [7, 11) is 0. The van der Waals surface area contributed by atoms with Gasteiger partial charge in [0.05, 0.1) is 17.5 Å². The SMILES string of the molecule is CCC(C)(C)C1CCC(CC(=O)ON2C(=O)c3ccccc3C2=O)CC1. The molecule has 0 radical (unpaired) electrons. The average molecular weight is 357 g/mol. The molecule has 1 aromatic carbocycles. The molecule has 2 amide bonds. The summed E-state index contributed by atoms with van der Waals surface area (Å²) in [5.74, 6) is -0.671. The molecule has 1 fully saturated rings. The second kappa shape index (κ2) is 7.22. The van der Waals surface area contributed by atoms with Gasteiger partial charge in [-0.25, -0.2) is 4.79 Å². The molecule has 0 aromatic heterocycles. The molecular formula is C21H27NO4. The highest BCUT2D eigenvalue weighted by Crippen LogP contribution is 2.42. The number of nitrogens with zero attached hydrogens (tertiary/aromatic N) is 1. The molecule has 0 spiro atoms. The second-order valence-corrected chi connectivity index (χ2v) is 8.18. The van der Waals surface area contributed by atoms with E-state index in [1.165, 1.54) is 0 Å². The Morgan fingerprint density at radius 3 is 2.12 bits per heavy atom. The molecule has 3 rings (SSSR count). The van der Waals surface area contributed by atoms with E-state index in [1.807, 2.05) is 0 Å². The van der Waals surface area contributed by atoms with Gasteiger partial charge in [-0.2, -0.15) is 0 Å². The highest BCUT2D eigenvalue weighted by Gasteiger charge is 2.39. The van der Waals surface area contributed by atoms with Gasteiger partial charge in [0.1, 0.15) is 0 Å². The Morgan fingerprint density at radius 2 is 1.62 bits per heavy atom. The van der Waals surface area contributed by atoms with Crippen molar-refractivity contribution in [3.8, 4) is 0 Å². The van der Waals surface area contributed by atoms with Crippen molar-refractivity contribution in [2.45, 2.75) is 59.3 Å². The fourth-order valence-corrected chi connectivity index (χ4v) is 4.06. The zero-order valence-corrected chi connectivity index (χ0v) is 15.8. The van der Waals surface area contributed by atoms with Crippen LogP contribution in [0.25, 0.3) is 0 Å². The summed E-state index contributed by atoms with van der Waals surface area (Å²) in [6.45, 7) is 6.86. The molecule has 26 heavy (non-hydrogen) atoms. The molecule has 5 nitrogen and oxygen atoms in total. The third-order valence-electron chi connectivity index (χ3n) is 6.27. The number of benzene rings is 1. The molecule has 0 saturated heterocycles. The monoisotopic (exact) mass is 357 g/mol. The smallest absolute Gasteiger partial charge is 0.330 e. The Balaban J connectivity index is 1.53. The first kappa shape index (κ1) is 18.6. The van der Waals surface area contributed by atoms with E-state index >= 15 is 0 Å².